The van der Waals surface area contributed by atoms with Crippen LogP contribution < -0.4 is 25.2 Å². The number of hydrogen-bond donors (Lipinski definition) is 2. The van der Waals surface area contributed by atoms with E-state index in [0.29, 0.717) is 56.4 Å². The molecule has 3 aliphatic heterocycles. The van der Waals surface area contributed by atoms with Gasteiger partial charge in [-0.05, 0) is 73.7 Å². The molecule has 1 radical (unpaired) electrons. The summed E-state index contributed by atoms with van der Waals surface area (Å²) in [6.45, 7) is 5.91. The van der Waals surface area contributed by atoms with E-state index in [-0.39, 0.29) is 17.7 Å². The van der Waals surface area contributed by atoms with Crippen molar-refractivity contribution in [1.82, 2.24) is 15.5 Å². The summed E-state index contributed by atoms with van der Waals surface area (Å²) in [4.78, 5) is 19.3. The lowest BCUT2D eigenvalue weighted by Crippen LogP contribution is -2.50. The van der Waals surface area contributed by atoms with Gasteiger partial charge < -0.3 is 30.1 Å². The van der Waals surface area contributed by atoms with Gasteiger partial charge in [-0.25, -0.2) is 0 Å². The molecule has 10 heteroatoms. The van der Waals surface area contributed by atoms with Crippen LogP contribution >= 0.6 is 0 Å². The first-order valence-corrected chi connectivity index (χ1v) is 15.5. The number of hydrogen-bond acceptors (Lipinski definition) is 6. The van der Waals surface area contributed by atoms with Gasteiger partial charge in [0.2, 0.25) is 0 Å². The van der Waals surface area contributed by atoms with Gasteiger partial charge >= 0.3 is 6.18 Å². The summed E-state index contributed by atoms with van der Waals surface area (Å²) in [5.41, 5.74) is 1.87. The van der Waals surface area contributed by atoms with E-state index in [1.165, 1.54) is 19.3 Å². The Morgan fingerprint density at radius 3 is 2.33 bits per heavy atom. The van der Waals surface area contributed by atoms with Crippen molar-refractivity contribution in [2.75, 3.05) is 75.2 Å². The molecule has 4 aliphatic rings. The highest BCUT2D eigenvalue weighted by atomic mass is 19.4. The van der Waals surface area contributed by atoms with E-state index in [0.717, 1.165) is 62.8 Å². The van der Waals surface area contributed by atoms with Crippen LogP contribution in [0.1, 0.15) is 65.9 Å². The summed E-state index contributed by atoms with van der Waals surface area (Å²) in [6.07, 6.45) is 2.43. The Morgan fingerprint density at radius 1 is 0.881 bits per heavy atom. The van der Waals surface area contributed by atoms with Crippen molar-refractivity contribution in [1.29, 1.82) is 0 Å². The third-order valence-electron chi connectivity index (χ3n) is 9.20. The number of nitrogens with zero attached hydrogens (tertiary/aromatic N) is 3. The standard InChI is InChI=1S/C32H41F3N5O2/c33-32(34,35)27-7-4-8-28(38-15-13-36-14-16-38)30(27)39-17-19-40(20-18-39)31(41)24-9-10-29(42-25-11-12-37-22-25)26(21-24)23-5-2-1-3-6-23/h7-10,21,23,25,36-37H,1-3,5-6,11-20,22H2/t25-/m0/s1. The molecule has 42 heavy (non-hydrogen) atoms. The van der Waals surface area contributed by atoms with Crippen LogP contribution in [-0.2, 0) is 6.18 Å². The highest BCUT2D eigenvalue weighted by molar-refractivity contribution is 5.95. The van der Waals surface area contributed by atoms with Gasteiger partial charge in [0.05, 0.1) is 16.9 Å². The van der Waals surface area contributed by atoms with Crippen LogP contribution in [0.3, 0.4) is 0 Å². The fraction of sp³-hybridized carbons (Fsp3) is 0.594. The molecule has 7 nitrogen and oxygen atoms in total. The Labute approximate surface area is 246 Å². The van der Waals surface area contributed by atoms with Gasteiger partial charge in [0.15, 0.2) is 0 Å². The van der Waals surface area contributed by atoms with E-state index >= 15 is 0 Å². The maximum absolute atomic E-state index is 14.2. The fourth-order valence-electron chi connectivity index (χ4n) is 6.92. The highest BCUT2D eigenvalue weighted by Crippen LogP contribution is 2.43. The Bertz CT molecular complexity index is 1230. The van der Waals surface area contributed by atoms with Crippen molar-refractivity contribution in [3.8, 4) is 5.75 Å². The van der Waals surface area contributed by atoms with Crippen molar-refractivity contribution in [2.24, 2.45) is 0 Å². The molecule has 1 amide bonds. The molecule has 1 atom stereocenters. The third kappa shape index (κ3) is 6.34. The number of alkyl halides is 3. The summed E-state index contributed by atoms with van der Waals surface area (Å²) in [6, 6.07) is 11.3. The number of carbonyl (C=O) groups is 1. The zero-order valence-corrected chi connectivity index (χ0v) is 24.1. The van der Waals surface area contributed by atoms with Crippen LogP contribution in [0.2, 0.25) is 0 Å². The number of benzene rings is 2. The second kappa shape index (κ2) is 12.7. The van der Waals surface area contributed by atoms with Gasteiger partial charge in [0.25, 0.3) is 5.91 Å². The summed E-state index contributed by atoms with van der Waals surface area (Å²) in [5, 5.41) is 6.62. The van der Waals surface area contributed by atoms with Crippen LogP contribution in [0.5, 0.6) is 5.75 Å². The molecule has 4 fully saturated rings. The Kier molecular flexibility index (Phi) is 8.81. The Hall–Kier alpha value is -2.98. The number of carbonyl (C=O) groups excluding carboxylic acids is 1. The zero-order valence-electron chi connectivity index (χ0n) is 24.1. The molecule has 0 unspecified atom stereocenters. The van der Waals surface area contributed by atoms with Crippen LogP contribution in [-0.4, -0.2) is 82.4 Å². The fourth-order valence-corrected chi connectivity index (χ4v) is 6.92. The lowest BCUT2D eigenvalue weighted by molar-refractivity contribution is -0.137. The molecule has 1 saturated carbocycles. The topological polar surface area (TPSA) is 60.1 Å². The molecule has 3 saturated heterocycles. The van der Waals surface area contributed by atoms with Gasteiger partial charge in [0.1, 0.15) is 11.9 Å². The number of nitrogens with one attached hydrogen (secondary N) is 2. The van der Waals surface area contributed by atoms with Gasteiger partial charge in [-0.2, -0.15) is 13.2 Å². The number of anilines is 2. The summed E-state index contributed by atoms with van der Waals surface area (Å²) < 4.78 is 48.9. The average molecular weight is 585 g/mol. The largest absolute Gasteiger partial charge is 0.489 e. The van der Waals surface area contributed by atoms with Crippen molar-refractivity contribution in [3.63, 3.8) is 0 Å². The molecule has 2 aromatic rings. The molecule has 0 aromatic heterocycles. The molecular formula is C32H41F3N5O2. The van der Waals surface area contributed by atoms with Crippen molar-refractivity contribution in [3.05, 3.63) is 53.1 Å². The quantitative estimate of drug-likeness (QED) is 0.515. The molecule has 1 aliphatic carbocycles. The van der Waals surface area contributed by atoms with Gasteiger partial charge in [-0.15, -0.1) is 0 Å². The predicted octanol–water partition coefficient (Wildman–Crippen LogP) is 4.67. The average Bonchev–Trinajstić information content (AvgIpc) is 3.54. The normalized spacial score (nSPS) is 22.5. The van der Waals surface area contributed by atoms with Crippen molar-refractivity contribution >= 4 is 17.3 Å². The van der Waals surface area contributed by atoms with Gasteiger partial charge in [0, 0.05) is 64.5 Å². The first-order valence-electron chi connectivity index (χ1n) is 15.5. The Morgan fingerprint density at radius 2 is 1.64 bits per heavy atom. The van der Waals surface area contributed by atoms with E-state index in [1.807, 2.05) is 23.1 Å². The Balaban J connectivity index is 1.20. The van der Waals surface area contributed by atoms with Crippen molar-refractivity contribution < 1.29 is 22.7 Å². The number of halogens is 3. The minimum atomic E-state index is -4.49. The van der Waals surface area contributed by atoms with E-state index in [1.54, 1.807) is 15.9 Å². The molecule has 2 N–H and O–H groups in total. The third-order valence-corrected chi connectivity index (χ3v) is 9.20. The van der Waals surface area contributed by atoms with E-state index in [2.05, 4.69) is 16.7 Å². The molecular weight excluding hydrogens is 543 g/mol. The van der Waals surface area contributed by atoms with Crippen LogP contribution in [0.25, 0.3) is 0 Å². The molecule has 3 heterocycles. The number of piperazine rings is 2. The van der Waals surface area contributed by atoms with E-state index in [9.17, 15) is 18.0 Å². The van der Waals surface area contributed by atoms with Crippen LogP contribution in [0.15, 0.2) is 30.3 Å². The lowest BCUT2D eigenvalue weighted by atomic mass is 9.83. The number of ether oxygens (including phenoxy) is 1. The summed E-state index contributed by atoms with van der Waals surface area (Å²) in [7, 11) is 0. The summed E-state index contributed by atoms with van der Waals surface area (Å²) >= 11 is 0. The first kappa shape index (κ1) is 29.1. The SMILES string of the molecule is O=C(c1ccc(O[C@H]2CCNC2)c(C2CCCCC2)c1)N1CCN(c2c(N3CCNCC3)c[c]cc2C(F)(F)F)CC1. The second-order valence-corrected chi connectivity index (χ2v) is 11.9. The van der Waals surface area contributed by atoms with Crippen LogP contribution in [0, 0.1) is 6.07 Å². The predicted molar refractivity (Wildman–Crippen MR) is 158 cm³/mol. The van der Waals surface area contributed by atoms with Gasteiger partial charge in [-0.1, -0.05) is 19.3 Å². The first-order chi connectivity index (χ1) is 20.4. The second-order valence-electron chi connectivity index (χ2n) is 11.9. The van der Waals surface area contributed by atoms with Crippen LogP contribution in [0.4, 0.5) is 24.5 Å². The van der Waals surface area contributed by atoms with Gasteiger partial charge in [-0.3, -0.25) is 4.79 Å². The molecule has 227 valence electrons. The monoisotopic (exact) mass is 584 g/mol. The van der Waals surface area contributed by atoms with E-state index < -0.39 is 11.7 Å². The molecule has 0 spiro atoms. The maximum atomic E-state index is 14.2. The minimum Gasteiger partial charge on any atom is -0.489 e. The maximum Gasteiger partial charge on any atom is 0.418 e. The summed E-state index contributed by atoms with van der Waals surface area (Å²) in [5.74, 6) is 1.20. The smallest absolute Gasteiger partial charge is 0.418 e. The molecule has 0 bridgehead atoms. The minimum absolute atomic E-state index is 0.0689. The number of amides is 1. The molecule has 6 rings (SSSR count). The number of rotatable bonds is 6. The molecule has 2 aromatic carbocycles. The highest BCUT2D eigenvalue weighted by Gasteiger charge is 2.38. The van der Waals surface area contributed by atoms with E-state index in [4.69, 9.17) is 4.74 Å². The lowest BCUT2D eigenvalue weighted by Gasteiger charge is -2.40. The van der Waals surface area contributed by atoms with Crippen molar-refractivity contribution in [2.45, 2.75) is 56.7 Å². The zero-order chi connectivity index (χ0) is 29.1.